The van der Waals surface area contributed by atoms with E-state index in [4.69, 9.17) is 17.1 Å². The van der Waals surface area contributed by atoms with E-state index in [1.807, 2.05) is 30.3 Å². The molecule has 0 saturated carbocycles. The Morgan fingerprint density at radius 3 is 2.94 bits per heavy atom. The molecule has 80 valence electrons. The molecule has 1 heterocycles. The molecular formula is C11H9ClN4. The van der Waals surface area contributed by atoms with Crippen LogP contribution in [0.5, 0.6) is 0 Å². The van der Waals surface area contributed by atoms with Gasteiger partial charge in [-0.15, -0.1) is 11.6 Å². The number of alkyl halides is 1. The number of hydrogen-bond donors (Lipinski definition) is 0. The number of aromatic nitrogens is 1. The predicted molar refractivity (Wildman–Crippen MR) is 65.0 cm³/mol. The highest BCUT2D eigenvalue weighted by Gasteiger charge is 2.04. The minimum absolute atomic E-state index is 0.418. The molecule has 2 aromatic rings. The zero-order valence-electron chi connectivity index (χ0n) is 8.47. The van der Waals surface area contributed by atoms with Gasteiger partial charge in [-0.25, -0.2) is 4.98 Å². The Kier molecular flexibility index (Phi) is 3.25. The normalized spacial score (nSPS) is 10.1. The van der Waals surface area contributed by atoms with Crippen molar-refractivity contribution in [3.8, 4) is 0 Å². The van der Waals surface area contributed by atoms with Gasteiger partial charge in [0, 0.05) is 16.2 Å². The van der Waals surface area contributed by atoms with E-state index in [0.29, 0.717) is 18.1 Å². The summed E-state index contributed by atoms with van der Waals surface area (Å²) < 4.78 is 0. The maximum atomic E-state index is 8.47. The summed E-state index contributed by atoms with van der Waals surface area (Å²) in [5, 5.41) is 4.61. The Hall–Kier alpha value is -1.77. The molecule has 0 atom stereocenters. The van der Waals surface area contributed by atoms with E-state index in [2.05, 4.69) is 15.0 Å². The van der Waals surface area contributed by atoms with Crippen LogP contribution in [0.3, 0.4) is 0 Å². The fraction of sp³-hybridized carbons (Fsp3) is 0.182. The highest BCUT2D eigenvalue weighted by molar-refractivity contribution is 6.18. The molecule has 1 aromatic carbocycles. The van der Waals surface area contributed by atoms with E-state index >= 15 is 0 Å². The molecule has 0 bridgehead atoms. The molecule has 2 rings (SSSR count). The molecule has 0 saturated heterocycles. The SMILES string of the molecule is [N-]=[N+]=Nc1nc2ccccc2cc1CCCl. The summed E-state index contributed by atoms with van der Waals surface area (Å²) in [6.45, 7) is 0. The number of rotatable bonds is 3. The molecule has 0 aliphatic rings. The van der Waals surface area contributed by atoms with Crippen molar-refractivity contribution in [1.29, 1.82) is 0 Å². The van der Waals surface area contributed by atoms with Crippen molar-refractivity contribution in [2.24, 2.45) is 5.11 Å². The zero-order valence-corrected chi connectivity index (χ0v) is 9.22. The molecule has 0 radical (unpaired) electrons. The summed E-state index contributed by atoms with van der Waals surface area (Å²) in [6.07, 6.45) is 0.647. The second-order valence-corrected chi connectivity index (χ2v) is 3.67. The van der Waals surface area contributed by atoms with Crippen LogP contribution in [0.15, 0.2) is 35.4 Å². The summed E-state index contributed by atoms with van der Waals surface area (Å²) in [5.41, 5.74) is 10.2. The molecule has 0 aliphatic carbocycles. The minimum atomic E-state index is 0.418. The number of halogens is 1. The van der Waals surface area contributed by atoms with E-state index in [0.717, 1.165) is 16.5 Å². The lowest BCUT2D eigenvalue weighted by Crippen LogP contribution is -1.90. The maximum absolute atomic E-state index is 8.47. The first kappa shape index (κ1) is 10.7. The molecule has 0 fully saturated rings. The van der Waals surface area contributed by atoms with Gasteiger partial charge < -0.3 is 0 Å². The number of aryl methyl sites for hydroxylation is 1. The largest absolute Gasteiger partial charge is 0.246 e. The van der Waals surface area contributed by atoms with Crippen LogP contribution in [0, 0.1) is 0 Å². The lowest BCUT2D eigenvalue weighted by Gasteiger charge is -2.04. The molecule has 0 unspecified atom stereocenters. The maximum Gasteiger partial charge on any atom is 0.130 e. The van der Waals surface area contributed by atoms with E-state index in [1.165, 1.54) is 0 Å². The fourth-order valence-electron chi connectivity index (χ4n) is 1.56. The molecule has 0 amide bonds. The number of para-hydroxylation sites is 1. The topological polar surface area (TPSA) is 61.7 Å². The van der Waals surface area contributed by atoms with Crippen molar-refractivity contribution in [3.63, 3.8) is 0 Å². The van der Waals surface area contributed by atoms with E-state index < -0.39 is 0 Å². The number of nitrogens with zero attached hydrogens (tertiary/aromatic N) is 4. The molecule has 1 aromatic heterocycles. The number of pyridine rings is 1. The summed E-state index contributed by atoms with van der Waals surface area (Å²) in [6, 6.07) is 9.67. The van der Waals surface area contributed by atoms with E-state index in [-0.39, 0.29) is 0 Å². The number of fused-ring (bicyclic) bond motifs is 1. The Bertz CT molecular complexity index is 561. The second-order valence-electron chi connectivity index (χ2n) is 3.29. The lowest BCUT2D eigenvalue weighted by molar-refractivity contribution is 1.11. The van der Waals surface area contributed by atoms with Crippen LogP contribution < -0.4 is 0 Å². The van der Waals surface area contributed by atoms with Crippen LogP contribution in [-0.2, 0) is 6.42 Å². The first-order chi connectivity index (χ1) is 7.85. The zero-order chi connectivity index (χ0) is 11.4. The van der Waals surface area contributed by atoms with Crippen LogP contribution in [0.1, 0.15) is 5.56 Å². The summed E-state index contributed by atoms with van der Waals surface area (Å²) >= 11 is 5.70. The Labute approximate surface area is 97.5 Å². The highest BCUT2D eigenvalue weighted by atomic mass is 35.5. The molecule has 5 heteroatoms. The van der Waals surface area contributed by atoms with Crippen molar-refractivity contribution in [2.45, 2.75) is 6.42 Å². The van der Waals surface area contributed by atoms with Crippen molar-refractivity contribution < 1.29 is 0 Å². The van der Waals surface area contributed by atoms with Crippen LogP contribution >= 0.6 is 11.6 Å². The quantitative estimate of drug-likeness (QED) is 0.342. The molecule has 0 spiro atoms. The van der Waals surface area contributed by atoms with Gasteiger partial charge in [-0.05, 0) is 34.8 Å². The standard InChI is InChI=1S/C11H9ClN4/c12-6-5-9-7-8-3-1-2-4-10(8)14-11(9)15-16-13/h1-4,7H,5-6H2. The lowest BCUT2D eigenvalue weighted by atomic mass is 10.1. The average Bonchev–Trinajstić information content (AvgIpc) is 2.30. The third kappa shape index (κ3) is 2.08. The Morgan fingerprint density at radius 1 is 1.38 bits per heavy atom. The summed E-state index contributed by atoms with van der Waals surface area (Å²) in [5.74, 6) is 0.899. The van der Waals surface area contributed by atoms with Crippen LogP contribution in [0.2, 0.25) is 0 Å². The van der Waals surface area contributed by atoms with Crippen molar-refractivity contribution >= 4 is 28.3 Å². The van der Waals surface area contributed by atoms with Gasteiger partial charge in [0.15, 0.2) is 0 Å². The Morgan fingerprint density at radius 2 is 2.19 bits per heavy atom. The predicted octanol–water partition coefficient (Wildman–Crippen LogP) is 3.96. The van der Waals surface area contributed by atoms with Gasteiger partial charge in [-0.1, -0.05) is 18.2 Å². The van der Waals surface area contributed by atoms with Gasteiger partial charge >= 0.3 is 0 Å². The minimum Gasteiger partial charge on any atom is -0.246 e. The highest BCUT2D eigenvalue weighted by Crippen LogP contribution is 2.23. The third-order valence-corrected chi connectivity index (χ3v) is 2.47. The third-order valence-electron chi connectivity index (χ3n) is 2.28. The van der Waals surface area contributed by atoms with Gasteiger partial charge in [-0.3, -0.25) is 0 Å². The van der Waals surface area contributed by atoms with E-state index in [1.54, 1.807) is 0 Å². The summed E-state index contributed by atoms with van der Waals surface area (Å²) in [7, 11) is 0. The van der Waals surface area contributed by atoms with Crippen molar-refractivity contribution in [2.75, 3.05) is 5.88 Å². The van der Waals surface area contributed by atoms with Crippen LogP contribution in [0.4, 0.5) is 5.82 Å². The smallest absolute Gasteiger partial charge is 0.130 e. The number of hydrogen-bond acceptors (Lipinski definition) is 2. The van der Waals surface area contributed by atoms with Gasteiger partial charge in [0.2, 0.25) is 0 Å². The second kappa shape index (κ2) is 4.84. The van der Waals surface area contributed by atoms with E-state index in [9.17, 15) is 0 Å². The molecule has 0 aliphatic heterocycles. The number of benzene rings is 1. The van der Waals surface area contributed by atoms with Crippen molar-refractivity contribution in [3.05, 3.63) is 46.3 Å². The fourth-order valence-corrected chi connectivity index (χ4v) is 1.77. The van der Waals surface area contributed by atoms with Crippen LogP contribution in [-0.4, -0.2) is 10.9 Å². The monoisotopic (exact) mass is 232 g/mol. The first-order valence-electron chi connectivity index (χ1n) is 4.85. The van der Waals surface area contributed by atoms with Gasteiger partial charge in [0.05, 0.1) is 5.52 Å². The molecule has 0 N–H and O–H groups in total. The molecule has 4 nitrogen and oxygen atoms in total. The average molecular weight is 233 g/mol. The van der Waals surface area contributed by atoms with Gasteiger partial charge in [-0.2, -0.15) is 0 Å². The molecule has 16 heavy (non-hydrogen) atoms. The van der Waals surface area contributed by atoms with Crippen molar-refractivity contribution in [1.82, 2.24) is 4.98 Å². The van der Waals surface area contributed by atoms with Gasteiger partial charge in [0.25, 0.3) is 0 Å². The molecular weight excluding hydrogens is 224 g/mol. The van der Waals surface area contributed by atoms with Gasteiger partial charge in [0.1, 0.15) is 5.82 Å². The van der Waals surface area contributed by atoms with Crippen LogP contribution in [0.25, 0.3) is 21.3 Å². The summed E-state index contributed by atoms with van der Waals surface area (Å²) in [4.78, 5) is 7.08. The Balaban J connectivity index is 2.65. The first-order valence-corrected chi connectivity index (χ1v) is 5.38. The number of azide groups is 1.